The van der Waals surface area contributed by atoms with Crippen molar-refractivity contribution in [1.29, 1.82) is 0 Å². The van der Waals surface area contributed by atoms with Crippen molar-refractivity contribution >= 4 is 11.9 Å². The summed E-state index contributed by atoms with van der Waals surface area (Å²) in [5.41, 5.74) is 1.69. The Morgan fingerprint density at radius 2 is 2.04 bits per heavy atom. The highest BCUT2D eigenvalue weighted by atomic mass is 19.1. The summed E-state index contributed by atoms with van der Waals surface area (Å²) in [7, 11) is 0. The molecule has 0 amide bonds. The molecule has 0 unspecified atom stereocenters. The number of rotatable bonds is 3. The lowest BCUT2D eigenvalue weighted by Crippen LogP contribution is -2.30. The third-order valence-electron chi connectivity index (χ3n) is 3.46. The normalized spacial score (nSPS) is 17.0. The van der Waals surface area contributed by atoms with Gasteiger partial charge in [-0.15, -0.1) is 0 Å². The van der Waals surface area contributed by atoms with Gasteiger partial charge in [0.2, 0.25) is 5.95 Å². The lowest BCUT2D eigenvalue weighted by Gasteiger charge is -2.27. The molecule has 1 aliphatic heterocycles. The van der Waals surface area contributed by atoms with Crippen molar-refractivity contribution in [3.8, 4) is 0 Å². The minimum Gasteiger partial charge on any atom is -0.459 e. The molecule has 1 aromatic heterocycles. The van der Waals surface area contributed by atoms with E-state index in [9.17, 15) is 9.18 Å². The Morgan fingerprint density at radius 3 is 2.70 bits per heavy atom. The summed E-state index contributed by atoms with van der Waals surface area (Å²) in [5, 5.41) is 14.4. The number of esters is 1. The molecule has 0 spiro atoms. The van der Waals surface area contributed by atoms with Crippen LogP contribution in [0, 0.1) is 5.82 Å². The highest BCUT2D eigenvalue weighted by Gasteiger charge is 2.35. The van der Waals surface area contributed by atoms with E-state index in [1.165, 1.54) is 16.8 Å². The van der Waals surface area contributed by atoms with E-state index in [1.807, 2.05) is 0 Å². The van der Waals surface area contributed by atoms with Crippen LogP contribution in [-0.2, 0) is 9.53 Å². The first kappa shape index (κ1) is 15.1. The van der Waals surface area contributed by atoms with Crippen LogP contribution in [-0.4, -0.2) is 32.3 Å². The third kappa shape index (κ3) is 2.79. The molecule has 0 aliphatic carbocycles. The molecule has 2 heterocycles. The van der Waals surface area contributed by atoms with E-state index in [0.717, 1.165) is 0 Å². The minimum absolute atomic E-state index is 0.257. The maximum Gasteiger partial charge on any atom is 0.338 e. The molecule has 0 saturated heterocycles. The Kier molecular flexibility index (Phi) is 3.81. The monoisotopic (exact) mass is 317 g/mol. The van der Waals surface area contributed by atoms with Gasteiger partial charge < -0.3 is 10.1 Å². The number of benzene rings is 1. The number of carbonyl (C=O) groups excluding carboxylic acids is 1. The van der Waals surface area contributed by atoms with E-state index in [0.29, 0.717) is 22.8 Å². The van der Waals surface area contributed by atoms with Gasteiger partial charge in [-0.25, -0.2) is 9.18 Å². The minimum atomic E-state index is -0.576. The number of allylic oxidation sites excluding steroid dienone is 1. The summed E-state index contributed by atoms with van der Waals surface area (Å²) in [6, 6.07) is 5.30. The number of ether oxygens (including phenoxy) is 1. The number of nitrogens with zero attached hydrogens (tertiary/aromatic N) is 4. The second kappa shape index (κ2) is 5.79. The Hall–Kier alpha value is -2.77. The molecule has 0 bridgehead atoms. The van der Waals surface area contributed by atoms with E-state index >= 15 is 0 Å². The van der Waals surface area contributed by atoms with Crippen molar-refractivity contribution in [2.75, 3.05) is 5.32 Å². The van der Waals surface area contributed by atoms with Crippen LogP contribution in [0.2, 0.25) is 0 Å². The zero-order chi connectivity index (χ0) is 16.6. The predicted octanol–water partition coefficient (Wildman–Crippen LogP) is 2.05. The smallest absolute Gasteiger partial charge is 0.338 e. The third-order valence-corrected chi connectivity index (χ3v) is 3.46. The van der Waals surface area contributed by atoms with Crippen molar-refractivity contribution in [2.45, 2.75) is 32.9 Å². The molecule has 0 fully saturated rings. The Bertz CT molecular complexity index is 766. The van der Waals surface area contributed by atoms with Crippen LogP contribution in [0.5, 0.6) is 0 Å². The summed E-state index contributed by atoms with van der Waals surface area (Å²) in [4.78, 5) is 12.5. The highest BCUT2D eigenvalue weighted by molar-refractivity contribution is 5.92. The van der Waals surface area contributed by atoms with Crippen molar-refractivity contribution in [1.82, 2.24) is 20.2 Å². The molecule has 1 aliphatic rings. The van der Waals surface area contributed by atoms with Crippen LogP contribution >= 0.6 is 0 Å². The van der Waals surface area contributed by atoms with Gasteiger partial charge in [-0.1, -0.05) is 17.2 Å². The molecule has 23 heavy (non-hydrogen) atoms. The summed E-state index contributed by atoms with van der Waals surface area (Å²) in [5.74, 6) is -0.398. The van der Waals surface area contributed by atoms with Gasteiger partial charge in [0.1, 0.15) is 11.9 Å². The van der Waals surface area contributed by atoms with Gasteiger partial charge in [0, 0.05) is 5.70 Å². The molecule has 120 valence electrons. The zero-order valence-corrected chi connectivity index (χ0v) is 12.9. The Balaban J connectivity index is 2.10. The number of hydrogen-bond acceptors (Lipinski definition) is 6. The topological polar surface area (TPSA) is 81.9 Å². The average molecular weight is 317 g/mol. The zero-order valence-electron chi connectivity index (χ0n) is 12.9. The second-order valence-corrected chi connectivity index (χ2v) is 5.52. The lowest BCUT2D eigenvalue weighted by molar-refractivity contribution is -0.143. The number of tetrazole rings is 1. The second-order valence-electron chi connectivity index (χ2n) is 5.52. The van der Waals surface area contributed by atoms with Crippen LogP contribution in [0.25, 0.3) is 0 Å². The number of aromatic nitrogens is 4. The van der Waals surface area contributed by atoms with Crippen LogP contribution in [0.3, 0.4) is 0 Å². The van der Waals surface area contributed by atoms with Crippen molar-refractivity contribution in [3.05, 3.63) is 46.9 Å². The first-order valence-corrected chi connectivity index (χ1v) is 7.19. The van der Waals surface area contributed by atoms with Gasteiger partial charge in [0.05, 0.1) is 11.7 Å². The van der Waals surface area contributed by atoms with Crippen LogP contribution in [0.4, 0.5) is 10.3 Å². The maximum atomic E-state index is 13.2. The standard InChI is InChI=1S/C15H16FN5O2/c1-8(2)23-14(22)12-9(3)17-15-18-19-20-21(15)13(12)10-4-6-11(16)7-5-10/h4-8,13H,1-3H3,(H,17,18,20)/t13-/m1/s1. The average Bonchev–Trinajstić information content (AvgIpc) is 2.93. The van der Waals surface area contributed by atoms with E-state index in [-0.39, 0.29) is 11.9 Å². The molecule has 2 aromatic rings. The number of carbonyl (C=O) groups is 1. The van der Waals surface area contributed by atoms with Crippen LogP contribution in [0.1, 0.15) is 32.4 Å². The van der Waals surface area contributed by atoms with E-state index in [2.05, 4.69) is 20.8 Å². The van der Waals surface area contributed by atoms with Crippen LogP contribution in [0.15, 0.2) is 35.5 Å². The van der Waals surface area contributed by atoms with Gasteiger partial charge in [-0.3, -0.25) is 0 Å². The molecule has 1 aromatic carbocycles. The molecular weight excluding hydrogens is 301 g/mol. The van der Waals surface area contributed by atoms with Crippen LogP contribution < -0.4 is 5.32 Å². The quantitative estimate of drug-likeness (QED) is 0.873. The number of anilines is 1. The summed E-state index contributed by atoms with van der Waals surface area (Å²) in [6.45, 7) is 5.31. The fourth-order valence-electron chi connectivity index (χ4n) is 2.51. The number of fused-ring (bicyclic) bond motifs is 1. The predicted molar refractivity (Wildman–Crippen MR) is 79.9 cm³/mol. The van der Waals surface area contributed by atoms with Gasteiger partial charge >= 0.3 is 5.97 Å². The van der Waals surface area contributed by atoms with Gasteiger partial charge in [0.25, 0.3) is 0 Å². The van der Waals surface area contributed by atoms with Crippen molar-refractivity contribution in [3.63, 3.8) is 0 Å². The Morgan fingerprint density at radius 1 is 1.35 bits per heavy atom. The largest absolute Gasteiger partial charge is 0.459 e. The van der Waals surface area contributed by atoms with E-state index in [4.69, 9.17) is 4.74 Å². The molecule has 1 atom stereocenters. The van der Waals surface area contributed by atoms with Gasteiger partial charge in [-0.2, -0.15) is 4.68 Å². The number of hydrogen-bond donors (Lipinski definition) is 1. The number of halogens is 1. The molecule has 7 nitrogen and oxygen atoms in total. The Labute approximate surface area is 132 Å². The molecule has 0 saturated carbocycles. The summed E-state index contributed by atoms with van der Waals surface area (Å²) < 4.78 is 20.0. The van der Waals surface area contributed by atoms with E-state index in [1.54, 1.807) is 32.9 Å². The van der Waals surface area contributed by atoms with E-state index < -0.39 is 12.0 Å². The van der Waals surface area contributed by atoms with Crippen molar-refractivity contribution in [2.24, 2.45) is 0 Å². The first-order chi connectivity index (χ1) is 11.0. The molecule has 0 radical (unpaired) electrons. The van der Waals surface area contributed by atoms with Gasteiger partial charge in [-0.05, 0) is 48.9 Å². The summed E-state index contributed by atoms with van der Waals surface area (Å²) in [6.07, 6.45) is -0.257. The van der Waals surface area contributed by atoms with Gasteiger partial charge in [0.15, 0.2) is 0 Å². The highest BCUT2D eigenvalue weighted by Crippen LogP contribution is 2.34. The van der Waals surface area contributed by atoms with Crippen molar-refractivity contribution < 1.29 is 13.9 Å². The first-order valence-electron chi connectivity index (χ1n) is 7.19. The summed E-state index contributed by atoms with van der Waals surface area (Å²) >= 11 is 0. The lowest BCUT2D eigenvalue weighted by atomic mass is 9.96. The molecule has 1 N–H and O–H groups in total. The number of nitrogens with one attached hydrogen (secondary N) is 1. The fourth-order valence-corrected chi connectivity index (χ4v) is 2.51. The fraction of sp³-hybridized carbons (Fsp3) is 0.333. The molecular formula is C15H16FN5O2. The maximum absolute atomic E-state index is 13.2. The SMILES string of the molecule is CC1=C(C(=O)OC(C)C)[C@@H](c2ccc(F)cc2)n2nnnc2N1. The molecule has 8 heteroatoms. The molecule has 3 rings (SSSR count).